The molecule has 1 saturated carbocycles. The number of carbonyl (C=O) groups excluding carboxylic acids is 1. The van der Waals surface area contributed by atoms with Gasteiger partial charge in [-0.1, -0.05) is 17.7 Å². The molecule has 2 bridgehead atoms. The van der Waals surface area contributed by atoms with Crippen molar-refractivity contribution < 1.29 is 23.6 Å². The number of rotatable bonds is 0. The molecular weight excluding hydrogens is 536 g/mol. The van der Waals surface area contributed by atoms with E-state index in [0.29, 0.717) is 18.1 Å². The SMILES string of the molecule is C=S1(=O)/C=C/COC[C@@H](O)[C@@H]2CC[C@H]2CN2C[C@@]3(CCCc4cc(Cl)ccc43)COc3ccc(cc32)C(=O)N1. The molecule has 7 nitrogen and oxygen atoms in total. The summed E-state index contributed by atoms with van der Waals surface area (Å²) in [6, 6.07) is 11.6. The van der Waals surface area contributed by atoms with Crippen molar-refractivity contribution in [2.75, 3.05) is 37.8 Å². The molecule has 0 radical (unpaired) electrons. The van der Waals surface area contributed by atoms with Crippen LogP contribution in [0.4, 0.5) is 5.69 Å². The summed E-state index contributed by atoms with van der Waals surface area (Å²) < 4.78 is 27.6. The van der Waals surface area contributed by atoms with Crippen LogP contribution in [0.15, 0.2) is 47.9 Å². The minimum Gasteiger partial charge on any atom is -0.490 e. The second kappa shape index (κ2) is 10.5. The lowest BCUT2D eigenvalue weighted by Gasteiger charge is -2.45. The zero-order valence-corrected chi connectivity index (χ0v) is 23.5. The Morgan fingerprint density at radius 3 is 2.90 bits per heavy atom. The highest BCUT2D eigenvalue weighted by Crippen LogP contribution is 2.46. The third-order valence-electron chi connectivity index (χ3n) is 8.81. The molecule has 5 atom stereocenters. The van der Waals surface area contributed by atoms with Crippen LogP contribution in [0.25, 0.3) is 0 Å². The van der Waals surface area contributed by atoms with Gasteiger partial charge in [0.15, 0.2) is 0 Å². The summed E-state index contributed by atoms with van der Waals surface area (Å²) in [4.78, 5) is 15.5. The number of hydrogen-bond donors (Lipinski definition) is 2. The first-order valence-electron chi connectivity index (χ1n) is 13.7. The van der Waals surface area contributed by atoms with E-state index >= 15 is 0 Å². The number of nitrogens with zero attached hydrogens (tertiary/aromatic N) is 1. The summed E-state index contributed by atoms with van der Waals surface area (Å²) in [7, 11) is -3.01. The lowest BCUT2D eigenvalue weighted by molar-refractivity contribution is -0.0367. The number of amides is 1. The first kappa shape index (κ1) is 26.7. The van der Waals surface area contributed by atoms with Crippen molar-refractivity contribution in [2.45, 2.75) is 43.6 Å². The van der Waals surface area contributed by atoms with Gasteiger partial charge in [-0.3, -0.25) is 9.52 Å². The standard InChI is InChI=1S/C30H35ClN2O5S/c1-39(36)13-3-12-37-17-27(34)24-8-5-22(24)16-33-18-30(11-2-4-20-14-23(31)7-9-25(20)30)19-38-28-10-6-21(15-26(28)33)29(35)32-39/h3,6-7,9-10,13-15,22,24,27,34H,1-2,4-5,8,11-12,16-19H2,(H,32,35,36)/b13-3+/t22-,24+,27+,30-,39?/m0/s1. The predicted octanol–water partition coefficient (Wildman–Crippen LogP) is 4.11. The van der Waals surface area contributed by atoms with Crippen LogP contribution in [0.1, 0.15) is 47.2 Å². The van der Waals surface area contributed by atoms with Crippen LogP contribution < -0.4 is 14.4 Å². The fraction of sp³-hybridized carbons (Fsp3) is 0.467. The molecule has 4 aliphatic rings. The van der Waals surface area contributed by atoms with Gasteiger partial charge in [-0.15, -0.1) is 0 Å². The molecule has 0 saturated heterocycles. The summed E-state index contributed by atoms with van der Waals surface area (Å²) in [5, 5.41) is 13.0. The van der Waals surface area contributed by atoms with Crippen molar-refractivity contribution in [3.63, 3.8) is 0 Å². The highest BCUT2D eigenvalue weighted by molar-refractivity contribution is 8.01. The predicted molar refractivity (Wildman–Crippen MR) is 155 cm³/mol. The lowest BCUT2D eigenvalue weighted by atomic mass is 9.68. The summed E-state index contributed by atoms with van der Waals surface area (Å²) in [5.74, 6) is 4.38. The van der Waals surface area contributed by atoms with Gasteiger partial charge in [0, 0.05) is 34.5 Å². The van der Waals surface area contributed by atoms with Crippen LogP contribution in [-0.2, 0) is 26.3 Å². The first-order chi connectivity index (χ1) is 18.7. The molecule has 9 heteroatoms. The van der Waals surface area contributed by atoms with Gasteiger partial charge in [-0.25, -0.2) is 4.21 Å². The third kappa shape index (κ3) is 5.32. The normalized spacial score (nSPS) is 33.5. The van der Waals surface area contributed by atoms with E-state index < -0.39 is 21.7 Å². The molecule has 1 unspecified atom stereocenters. The minimum atomic E-state index is -3.01. The Morgan fingerprint density at radius 2 is 2.08 bits per heavy atom. The Labute approximate surface area is 235 Å². The fourth-order valence-corrected chi connectivity index (χ4v) is 7.78. The van der Waals surface area contributed by atoms with Crippen molar-refractivity contribution >= 4 is 38.8 Å². The summed E-state index contributed by atoms with van der Waals surface area (Å²) in [5.41, 5.74) is 3.56. The number of halogens is 1. The van der Waals surface area contributed by atoms with Crippen molar-refractivity contribution in [1.29, 1.82) is 0 Å². The maximum absolute atomic E-state index is 13.2. The number of benzene rings is 2. The monoisotopic (exact) mass is 570 g/mol. The molecule has 39 heavy (non-hydrogen) atoms. The van der Waals surface area contributed by atoms with E-state index in [4.69, 9.17) is 21.1 Å². The van der Waals surface area contributed by atoms with Crippen molar-refractivity contribution in [2.24, 2.45) is 11.8 Å². The average Bonchev–Trinajstić information content (AvgIpc) is 3.02. The lowest BCUT2D eigenvalue weighted by Crippen LogP contribution is -2.50. The van der Waals surface area contributed by atoms with Gasteiger partial charge in [0.2, 0.25) is 0 Å². The number of aliphatic hydroxyl groups is 1. The molecule has 208 valence electrons. The van der Waals surface area contributed by atoms with Crippen LogP contribution in [0.5, 0.6) is 5.75 Å². The summed E-state index contributed by atoms with van der Waals surface area (Å²) in [6.45, 7) is 2.38. The second-order valence-corrected chi connectivity index (χ2v) is 13.8. The number of anilines is 1. The van der Waals surface area contributed by atoms with E-state index in [0.717, 1.165) is 61.7 Å². The molecule has 2 aliphatic carbocycles. The van der Waals surface area contributed by atoms with Gasteiger partial charge in [-0.05, 0) is 97.3 Å². The van der Waals surface area contributed by atoms with Crippen LogP contribution >= 0.6 is 11.6 Å². The molecule has 1 amide bonds. The zero-order chi connectivity index (χ0) is 27.2. The van der Waals surface area contributed by atoms with Crippen molar-refractivity contribution in [3.8, 4) is 5.75 Å². The Kier molecular flexibility index (Phi) is 7.16. The molecule has 2 aromatic rings. The molecule has 2 aromatic carbocycles. The number of aliphatic hydroxyl groups excluding tert-OH is 1. The summed E-state index contributed by atoms with van der Waals surface area (Å²) in [6.07, 6.45) is 6.00. The van der Waals surface area contributed by atoms with Gasteiger partial charge in [0.25, 0.3) is 5.91 Å². The molecule has 2 N–H and O–H groups in total. The molecule has 1 spiro atoms. The highest BCUT2D eigenvalue weighted by Gasteiger charge is 2.44. The van der Waals surface area contributed by atoms with Gasteiger partial charge in [0.05, 0.1) is 41.3 Å². The van der Waals surface area contributed by atoms with Gasteiger partial charge >= 0.3 is 0 Å². The third-order valence-corrected chi connectivity index (χ3v) is 10.2. The highest BCUT2D eigenvalue weighted by atomic mass is 35.5. The van der Waals surface area contributed by atoms with Gasteiger partial charge in [-0.2, -0.15) is 0 Å². The fourth-order valence-electron chi connectivity index (χ4n) is 6.69. The molecule has 2 aliphatic heterocycles. The molecule has 6 rings (SSSR count). The van der Waals surface area contributed by atoms with Crippen molar-refractivity contribution in [1.82, 2.24) is 4.72 Å². The van der Waals surface area contributed by atoms with Crippen LogP contribution in [0.2, 0.25) is 5.02 Å². The average molecular weight is 571 g/mol. The maximum Gasteiger partial charge on any atom is 0.262 e. The maximum atomic E-state index is 13.2. The number of carbonyl (C=O) groups is 1. The molecule has 0 aromatic heterocycles. The van der Waals surface area contributed by atoms with E-state index in [1.165, 1.54) is 16.5 Å². The quantitative estimate of drug-likeness (QED) is 0.464. The number of aryl methyl sites for hydroxylation is 1. The largest absolute Gasteiger partial charge is 0.490 e. The minimum absolute atomic E-state index is 0.131. The van der Waals surface area contributed by atoms with Gasteiger partial charge < -0.3 is 19.5 Å². The van der Waals surface area contributed by atoms with E-state index in [2.05, 4.69) is 27.6 Å². The smallest absolute Gasteiger partial charge is 0.262 e. The number of ether oxygens (including phenoxy) is 2. The Morgan fingerprint density at radius 1 is 1.21 bits per heavy atom. The molecule has 2 heterocycles. The second-order valence-electron chi connectivity index (χ2n) is 11.4. The van der Waals surface area contributed by atoms with E-state index in [9.17, 15) is 14.1 Å². The van der Waals surface area contributed by atoms with E-state index in [1.807, 2.05) is 18.2 Å². The van der Waals surface area contributed by atoms with E-state index in [-0.39, 0.29) is 24.5 Å². The first-order valence-corrected chi connectivity index (χ1v) is 15.8. The molecule has 1 fully saturated rings. The van der Waals surface area contributed by atoms with Gasteiger partial charge in [0.1, 0.15) is 5.75 Å². The molecular formula is C30H35ClN2O5S. The Hall–Kier alpha value is -2.52. The number of hydrogen-bond acceptors (Lipinski definition) is 6. The summed E-state index contributed by atoms with van der Waals surface area (Å²) >= 11 is 6.37. The Bertz CT molecular complexity index is 1410. The number of fused-ring (bicyclic) bond motifs is 4. The topological polar surface area (TPSA) is 88.1 Å². The van der Waals surface area contributed by atoms with Crippen LogP contribution in [0.3, 0.4) is 0 Å². The number of nitrogens with one attached hydrogen (secondary N) is 1. The van der Waals surface area contributed by atoms with Crippen molar-refractivity contribution in [3.05, 3.63) is 69.6 Å². The zero-order valence-electron chi connectivity index (χ0n) is 21.9. The van der Waals surface area contributed by atoms with Crippen LogP contribution in [-0.4, -0.2) is 60.1 Å². The van der Waals surface area contributed by atoms with Crippen LogP contribution in [0, 0.1) is 11.8 Å². The van der Waals surface area contributed by atoms with E-state index in [1.54, 1.807) is 12.1 Å². The Balaban J connectivity index is 1.42.